The Bertz CT molecular complexity index is 1760. The number of Topliss-reactive ketones (excluding diaryl/α,β-unsaturated/α-hetero) is 1. The van der Waals surface area contributed by atoms with Gasteiger partial charge < -0.3 is 15.6 Å². The van der Waals surface area contributed by atoms with E-state index in [1.54, 1.807) is 10.9 Å². The third-order valence-corrected chi connectivity index (χ3v) is 8.04. The summed E-state index contributed by atoms with van der Waals surface area (Å²) in [7, 11) is 1.86. The zero-order valence-electron chi connectivity index (χ0n) is 22.0. The monoisotopic (exact) mass is 537 g/mol. The van der Waals surface area contributed by atoms with Gasteiger partial charge in [-0.25, -0.2) is 9.97 Å². The highest BCUT2D eigenvalue weighted by Crippen LogP contribution is 2.45. The maximum absolute atomic E-state index is 13.1. The minimum atomic E-state index is -0.165. The van der Waals surface area contributed by atoms with E-state index in [9.17, 15) is 9.59 Å². The van der Waals surface area contributed by atoms with Crippen LogP contribution in [0.5, 0.6) is 0 Å². The fourth-order valence-electron chi connectivity index (χ4n) is 6.31. The molecule has 2 bridgehead atoms. The van der Waals surface area contributed by atoms with Crippen LogP contribution in [-0.2, 0) is 7.05 Å². The molecule has 40 heavy (non-hydrogen) atoms. The molecule has 0 unspecified atom stereocenters. The average molecular weight is 538 g/mol. The van der Waals surface area contributed by atoms with Crippen molar-refractivity contribution in [1.29, 1.82) is 0 Å². The summed E-state index contributed by atoms with van der Waals surface area (Å²) in [5.41, 5.74) is 11.0. The van der Waals surface area contributed by atoms with E-state index < -0.39 is 0 Å². The molecule has 5 aromatic rings. The van der Waals surface area contributed by atoms with Gasteiger partial charge in [-0.3, -0.25) is 14.3 Å². The summed E-state index contributed by atoms with van der Waals surface area (Å²) in [5, 5.41) is 16.6. The number of piperidine rings is 1. The Morgan fingerprint density at radius 1 is 1.05 bits per heavy atom. The van der Waals surface area contributed by atoms with Crippen molar-refractivity contribution in [3.63, 3.8) is 0 Å². The van der Waals surface area contributed by atoms with Crippen molar-refractivity contribution < 1.29 is 9.59 Å². The lowest BCUT2D eigenvalue weighted by Crippen LogP contribution is -2.46. The van der Waals surface area contributed by atoms with Crippen LogP contribution in [0.15, 0.2) is 43.0 Å². The Kier molecular flexibility index (Phi) is 5.47. The number of carbonyl (C=O) groups excluding carboxylic acids is 2. The number of nitrogens with one attached hydrogen (secondary N) is 1. The second-order valence-corrected chi connectivity index (χ2v) is 10.5. The van der Waals surface area contributed by atoms with Gasteiger partial charge in [0.2, 0.25) is 5.82 Å². The third-order valence-electron chi connectivity index (χ3n) is 8.04. The van der Waals surface area contributed by atoms with Gasteiger partial charge in [-0.15, -0.1) is 10.2 Å². The number of aromatic nitrogens is 9. The molecular formula is C27H27N11O2. The van der Waals surface area contributed by atoms with Crippen molar-refractivity contribution in [2.24, 2.45) is 7.05 Å². The molecule has 0 radical (unpaired) electrons. The topological polar surface area (TPSA) is 166 Å². The number of amides is 1. The van der Waals surface area contributed by atoms with Crippen LogP contribution in [0.2, 0.25) is 0 Å². The van der Waals surface area contributed by atoms with E-state index >= 15 is 0 Å². The number of hydrogen-bond donors (Lipinski definition) is 2. The molecule has 2 aliphatic rings. The molecule has 7 rings (SSSR count). The fraction of sp³-hybridized carbons (Fsp3) is 0.333. The number of aromatic amines is 1. The van der Waals surface area contributed by atoms with Crippen LogP contribution in [0.25, 0.3) is 28.3 Å². The zero-order valence-corrected chi connectivity index (χ0v) is 22.0. The molecule has 0 aliphatic carbocycles. The van der Waals surface area contributed by atoms with Crippen molar-refractivity contribution in [1.82, 2.24) is 49.4 Å². The molecule has 2 aliphatic heterocycles. The van der Waals surface area contributed by atoms with Crippen LogP contribution < -0.4 is 5.73 Å². The molecule has 2 saturated heterocycles. The first-order valence-electron chi connectivity index (χ1n) is 13.2. The number of pyridine rings is 1. The van der Waals surface area contributed by atoms with Gasteiger partial charge in [-0.05, 0) is 50.8 Å². The zero-order chi connectivity index (χ0) is 27.5. The predicted octanol–water partition coefficient (Wildman–Crippen LogP) is 2.65. The van der Waals surface area contributed by atoms with Crippen molar-refractivity contribution in [3.05, 3.63) is 60.1 Å². The number of rotatable bonds is 5. The summed E-state index contributed by atoms with van der Waals surface area (Å²) in [4.78, 5) is 40.7. The van der Waals surface area contributed by atoms with E-state index in [1.165, 1.54) is 17.8 Å². The van der Waals surface area contributed by atoms with E-state index in [-0.39, 0.29) is 41.3 Å². The number of nitrogens with two attached hydrogens (primary N) is 1. The van der Waals surface area contributed by atoms with Crippen LogP contribution in [0.3, 0.4) is 0 Å². The molecule has 202 valence electrons. The third kappa shape index (κ3) is 3.76. The summed E-state index contributed by atoms with van der Waals surface area (Å²) in [6, 6.07) is 7.66. The number of fused-ring (bicyclic) bond motifs is 3. The van der Waals surface area contributed by atoms with Crippen LogP contribution in [0.1, 0.15) is 65.2 Å². The largest absolute Gasteiger partial charge is 0.383 e. The Balaban J connectivity index is 1.29. The standard InChI is InChI=1S/C27H27N11O2/c1-14(39)22-23(15-10-16-6-7-17(11-15)37(16)27(40)25-29-13-30-34-25)33-26-18(12-31-38(26)24(22)28)19-4-3-5-20(32-19)21-8-9-36(2)35-21/h3-5,8-9,12-13,15-17H,6-7,10-11,28H2,1-2H3,(H,29,30,34)/t15-,16+,17-. The van der Waals surface area contributed by atoms with Gasteiger partial charge in [-0.1, -0.05) is 6.07 Å². The fourth-order valence-corrected chi connectivity index (χ4v) is 6.31. The maximum Gasteiger partial charge on any atom is 0.292 e. The molecule has 2 fully saturated rings. The highest BCUT2D eigenvalue weighted by atomic mass is 16.2. The molecule has 1 amide bonds. The number of H-pyrrole nitrogens is 1. The van der Waals surface area contributed by atoms with Crippen LogP contribution in [0, 0.1) is 0 Å². The van der Waals surface area contributed by atoms with E-state index in [0.29, 0.717) is 41.0 Å². The summed E-state index contributed by atoms with van der Waals surface area (Å²) in [6.45, 7) is 1.50. The highest BCUT2D eigenvalue weighted by Gasteiger charge is 2.45. The van der Waals surface area contributed by atoms with Gasteiger partial charge in [-0.2, -0.15) is 14.7 Å². The SMILES string of the molecule is CC(=O)c1c([C@H]2C[C@H]3CC[C@@H](C2)N3C(=O)c2nnc[nH]2)nc2c(-c3cccc(-c4ccn(C)n4)n3)cnn2c1N. The van der Waals surface area contributed by atoms with Gasteiger partial charge >= 0.3 is 0 Å². The molecule has 7 heterocycles. The molecule has 0 spiro atoms. The summed E-state index contributed by atoms with van der Waals surface area (Å²) < 4.78 is 3.25. The number of nitrogen functional groups attached to an aromatic ring is 1. The van der Waals surface area contributed by atoms with Gasteiger partial charge in [0.15, 0.2) is 11.4 Å². The van der Waals surface area contributed by atoms with Crippen molar-refractivity contribution in [3.8, 4) is 22.6 Å². The number of aryl methyl sites for hydroxylation is 1. The van der Waals surface area contributed by atoms with Gasteiger partial charge in [0.25, 0.3) is 5.91 Å². The highest BCUT2D eigenvalue weighted by molar-refractivity contribution is 6.00. The number of nitrogens with zero attached hydrogens (tertiary/aromatic N) is 9. The molecule has 3 atom stereocenters. The Labute approximate surface area is 228 Å². The summed E-state index contributed by atoms with van der Waals surface area (Å²) in [5.74, 6) is 0.148. The van der Waals surface area contributed by atoms with Crippen molar-refractivity contribution in [2.45, 2.75) is 50.6 Å². The molecular weight excluding hydrogens is 510 g/mol. The minimum absolute atomic E-state index is 0.0153. The second-order valence-electron chi connectivity index (χ2n) is 10.5. The Morgan fingerprint density at radius 2 is 1.82 bits per heavy atom. The van der Waals surface area contributed by atoms with Gasteiger partial charge in [0, 0.05) is 31.2 Å². The van der Waals surface area contributed by atoms with Crippen molar-refractivity contribution >= 4 is 23.2 Å². The molecule has 0 saturated carbocycles. The first-order valence-corrected chi connectivity index (χ1v) is 13.2. The lowest BCUT2D eigenvalue weighted by Gasteiger charge is -2.38. The molecule has 13 heteroatoms. The Morgan fingerprint density at radius 3 is 2.50 bits per heavy atom. The average Bonchev–Trinajstić information content (AvgIpc) is 3.75. The molecule has 3 N–H and O–H groups in total. The second kappa shape index (κ2) is 9.07. The van der Waals surface area contributed by atoms with Crippen molar-refractivity contribution in [2.75, 3.05) is 5.73 Å². The first-order chi connectivity index (χ1) is 19.4. The summed E-state index contributed by atoms with van der Waals surface area (Å²) >= 11 is 0. The van der Waals surface area contributed by atoms with E-state index in [1.807, 2.05) is 42.4 Å². The van der Waals surface area contributed by atoms with E-state index in [4.69, 9.17) is 15.7 Å². The molecule has 13 nitrogen and oxygen atoms in total. The predicted molar refractivity (Wildman–Crippen MR) is 144 cm³/mol. The quantitative estimate of drug-likeness (QED) is 0.320. The minimum Gasteiger partial charge on any atom is -0.383 e. The van der Waals surface area contributed by atoms with E-state index in [0.717, 1.165) is 24.2 Å². The smallest absolute Gasteiger partial charge is 0.292 e. The first kappa shape index (κ1) is 24.1. The number of ketones is 1. The molecule has 0 aromatic carbocycles. The number of anilines is 1. The maximum atomic E-state index is 13.1. The van der Waals surface area contributed by atoms with Crippen LogP contribution in [-0.4, -0.2) is 73.2 Å². The normalized spacial score (nSPS) is 20.4. The number of hydrogen-bond acceptors (Lipinski definition) is 9. The molecule has 5 aromatic heterocycles. The lowest BCUT2D eigenvalue weighted by molar-refractivity contribution is 0.0556. The van der Waals surface area contributed by atoms with Gasteiger partial charge in [0.05, 0.1) is 34.4 Å². The Hall–Kier alpha value is -4.94. The number of carbonyl (C=O) groups is 2. The van der Waals surface area contributed by atoms with Crippen LogP contribution in [0.4, 0.5) is 5.82 Å². The van der Waals surface area contributed by atoms with E-state index in [2.05, 4.69) is 25.4 Å². The van der Waals surface area contributed by atoms with Crippen LogP contribution >= 0.6 is 0 Å². The van der Waals surface area contributed by atoms with Gasteiger partial charge in [0.1, 0.15) is 17.8 Å². The summed E-state index contributed by atoms with van der Waals surface area (Å²) in [6.07, 6.45) is 8.08. The lowest BCUT2D eigenvalue weighted by atomic mass is 9.85.